The molecule has 3 rings (SSSR count). The van der Waals surface area contributed by atoms with E-state index in [1.165, 1.54) is 5.56 Å². The highest BCUT2D eigenvalue weighted by Crippen LogP contribution is 2.11. The van der Waals surface area contributed by atoms with E-state index in [1.54, 1.807) is 6.20 Å². The third-order valence-corrected chi connectivity index (χ3v) is 3.57. The SMILES string of the molecule is Cc1cc(NCCc2ccccc2)nc(NCc2ccccn2)n1. The highest BCUT2D eigenvalue weighted by Gasteiger charge is 2.03. The van der Waals surface area contributed by atoms with Gasteiger partial charge in [-0.2, -0.15) is 4.98 Å². The van der Waals surface area contributed by atoms with E-state index < -0.39 is 0 Å². The molecule has 0 aliphatic rings. The zero-order valence-corrected chi connectivity index (χ0v) is 13.7. The fraction of sp³-hybridized carbons (Fsp3) is 0.211. The van der Waals surface area contributed by atoms with Crippen LogP contribution in [-0.2, 0) is 13.0 Å². The number of anilines is 2. The van der Waals surface area contributed by atoms with Crippen LogP contribution in [0.1, 0.15) is 17.0 Å². The van der Waals surface area contributed by atoms with E-state index in [4.69, 9.17) is 0 Å². The van der Waals surface area contributed by atoms with Crippen molar-refractivity contribution < 1.29 is 0 Å². The zero-order valence-electron chi connectivity index (χ0n) is 13.7. The van der Waals surface area contributed by atoms with Crippen LogP contribution in [0.2, 0.25) is 0 Å². The molecule has 0 atom stereocenters. The molecule has 0 radical (unpaired) electrons. The van der Waals surface area contributed by atoms with Gasteiger partial charge in [0.05, 0.1) is 12.2 Å². The van der Waals surface area contributed by atoms with Crippen LogP contribution in [0.15, 0.2) is 60.8 Å². The summed E-state index contributed by atoms with van der Waals surface area (Å²) in [6.45, 7) is 3.41. The first-order valence-corrected chi connectivity index (χ1v) is 8.07. The Morgan fingerprint density at radius 3 is 2.54 bits per heavy atom. The molecular formula is C19H21N5. The molecule has 0 bridgehead atoms. The number of nitrogens with zero attached hydrogens (tertiary/aromatic N) is 3. The van der Waals surface area contributed by atoms with Crippen molar-refractivity contribution >= 4 is 11.8 Å². The lowest BCUT2D eigenvalue weighted by atomic mass is 10.1. The topological polar surface area (TPSA) is 62.7 Å². The predicted molar refractivity (Wildman–Crippen MR) is 97.0 cm³/mol. The summed E-state index contributed by atoms with van der Waals surface area (Å²) in [5, 5.41) is 6.59. The number of pyridine rings is 1. The summed E-state index contributed by atoms with van der Waals surface area (Å²) in [7, 11) is 0. The van der Waals surface area contributed by atoms with E-state index in [0.717, 1.165) is 30.2 Å². The van der Waals surface area contributed by atoms with Gasteiger partial charge in [0.1, 0.15) is 5.82 Å². The zero-order chi connectivity index (χ0) is 16.6. The van der Waals surface area contributed by atoms with Crippen LogP contribution in [-0.4, -0.2) is 21.5 Å². The monoisotopic (exact) mass is 319 g/mol. The predicted octanol–water partition coefficient (Wildman–Crippen LogP) is 3.45. The molecule has 0 spiro atoms. The summed E-state index contributed by atoms with van der Waals surface area (Å²) < 4.78 is 0. The third-order valence-electron chi connectivity index (χ3n) is 3.57. The molecule has 3 aromatic rings. The Labute approximate surface area is 142 Å². The van der Waals surface area contributed by atoms with Gasteiger partial charge in [0, 0.05) is 24.5 Å². The number of benzene rings is 1. The summed E-state index contributed by atoms with van der Waals surface area (Å²) in [5.41, 5.74) is 3.20. The molecule has 2 N–H and O–H groups in total. The van der Waals surface area contributed by atoms with E-state index in [1.807, 2.05) is 37.3 Å². The molecule has 24 heavy (non-hydrogen) atoms. The van der Waals surface area contributed by atoms with E-state index in [9.17, 15) is 0 Å². The average molecular weight is 319 g/mol. The quantitative estimate of drug-likeness (QED) is 0.698. The molecule has 0 aliphatic heterocycles. The molecule has 0 fully saturated rings. The molecule has 122 valence electrons. The van der Waals surface area contributed by atoms with Gasteiger partial charge in [0.15, 0.2) is 0 Å². The molecule has 5 nitrogen and oxygen atoms in total. The van der Waals surface area contributed by atoms with Gasteiger partial charge in [-0.15, -0.1) is 0 Å². The van der Waals surface area contributed by atoms with E-state index >= 15 is 0 Å². The van der Waals surface area contributed by atoms with Gasteiger partial charge in [-0.3, -0.25) is 4.98 Å². The Morgan fingerprint density at radius 2 is 1.75 bits per heavy atom. The van der Waals surface area contributed by atoms with Gasteiger partial charge >= 0.3 is 0 Å². The molecular weight excluding hydrogens is 298 g/mol. The fourth-order valence-electron chi connectivity index (χ4n) is 2.39. The van der Waals surface area contributed by atoms with Gasteiger partial charge in [0.2, 0.25) is 5.95 Å². The number of nitrogens with one attached hydrogen (secondary N) is 2. The van der Waals surface area contributed by atoms with E-state index in [0.29, 0.717) is 12.5 Å². The number of aromatic nitrogens is 3. The fourth-order valence-corrected chi connectivity index (χ4v) is 2.39. The Balaban J connectivity index is 1.57. The molecule has 2 aromatic heterocycles. The van der Waals surface area contributed by atoms with Crippen molar-refractivity contribution in [3.05, 3.63) is 77.7 Å². The van der Waals surface area contributed by atoms with Crippen LogP contribution in [0.4, 0.5) is 11.8 Å². The second kappa shape index (κ2) is 8.06. The minimum atomic E-state index is 0.605. The molecule has 1 aromatic carbocycles. The Kier molecular flexibility index (Phi) is 5.35. The van der Waals surface area contributed by atoms with Crippen molar-refractivity contribution in [2.24, 2.45) is 0 Å². The van der Waals surface area contributed by atoms with Gasteiger partial charge < -0.3 is 10.6 Å². The maximum absolute atomic E-state index is 4.52. The van der Waals surface area contributed by atoms with Crippen LogP contribution in [0.5, 0.6) is 0 Å². The Bertz CT molecular complexity index is 759. The smallest absolute Gasteiger partial charge is 0.225 e. The van der Waals surface area contributed by atoms with Crippen molar-refractivity contribution in [3.8, 4) is 0 Å². The van der Waals surface area contributed by atoms with Gasteiger partial charge in [-0.25, -0.2) is 4.98 Å². The molecule has 0 saturated heterocycles. The summed E-state index contributed by atoms with van der Waals surface area (Å²) in [4.78, 5) is 13.2. The van der Waals surface area contributed by atoms with Crippen molar-refractivity contribution in [2.45, 2.75) is 19.9 Å². The normalized spacial score (nSPS) is 10.4. The maximum atomic E-state index is 4.52. The lowest BCUT2D eigenvalue weighted by Crippen LogP contribution is -2.10. The first-order chi connectivity index (χ1) is 11.8. The molecule has 2 heterocycles. The van der Waals surface area contributed by atoms with E-state index in [-0.39, 0.29) is 0 Å². The lowest BCUT2D eigenvalue weighted by molar-refractivity contribution is 0.968. The Hall–Kier alpha value is -2.95. The van der Waals surface area contributed by atoms with E-state index in [2.05, 4.69) is 49.9 Å². The van der Waals surface area contributed by atoms with Gasteiger partial charge in [-0.1, -0.05) is 36.4 Å². The highest BCUT2D eigenvalue weighted by molar-refractivity contribution is 5.42. The lowest BCUT2D eigenvalue weighted by Gasteiger charge is -2.10. The van der Waals surface area contributed by atoms with Crippen LogP contribution >= 0.6 is 0 Å². The summed E-state index contributed by atoms with van der Waals surface area (Å²) in [5.74, 6) is 1.45. The van der Waals surface area contributed by atoms with Crippen LogP contribution in [0, 0.1) is 6.92 Å². The van der Waals surface area contributed by atoms with Crippen molar-refractivity contribution in [2.75, 3.05) is 17.2 Å². The standard InChI is InChI=1S/C19H21N5/c1-15-13-18(21-12-10-16-7-3-2-4-8-16)24-19(23-15)22-14-17-9-5-6-11-20-17/h2-9,11,13H,10,12,14H2,1H3,(H2,21,22,23,24). The first-order valence-electron chi connectivity index (χ1n) is 8.07. The number of hydrogen-bond acceptors (Lipinski definition) is 5. The second-order valence-corrected chi connectivity index (χ2v) is 5.56. The van der Waals surface area contributed by atoms with Crippen LogP contribution in [0.3, 0.4) is 0 Å². The van der Waals surface area contributed by atoms with Gasteiger partial charge in [-0.05, 0) is 31.0 Å². The summed E-state index contributed by atoms with van der Waals surface area (Å²) >= 11 is 0. The largest absolute Gasteiger partial charge is 0.370 e. The first kappa shape index (κ1) is 15.9. The van der Waals surface area contributed by atoms with Crippen LogP contribution < -0.4 is 10.6 Å². The molecule has 0 aliphatic carbocycles. The number of rotatable bonds is 7. The molecule has 0 saturated carbocycles. The highest BCUT2D eigenvalue weighted by atomic mass is 15.1. The molecule has 0 unspecified atom stereocenters. The second-order valence-electron chi connectivity index (χ2n) is 5.56. The maximum Gasteiger partial charge on any atom is 0.225 e. The Morgan fingerprint density at radius 1 is 0.917 bits per heavy atom. The molecule has 0 amide bonds. The van der Waals surface area contributed by atoms with Crippen molar-refractivity contribution in [1.82, 2.24) is 15.0 Å². The minimum absolute atomic E-state index is 0.605. The van der Waals surface area contributed by atoms with Crippen LogP contribution in [0.25, 0.3) is 0 Å². The third kappa shape index (κ3) is 4.78. The average Bonchev–Trinajstić information content (AvgIpc) is 2.61. The van der Waals surface area contributed by atoms with Gasteiger partial charge in [0.25, 0.3) is 0 Å². The van der Waals surface area contributed by atoms with Crippen molar-refractivity contribution in [3.63, 3.8) is 0 Å². The summed E-state index contributed by atoms with van der Waals surface area (Å²) in [6, 6.07) is 18.2. The number of hydrogen-bond donors (Lipinski definition) is 2. The number of aryl methyl sites for hydroxylation is 1. The molecule has 5 heteroatoms. The minimum Gasteiger partial charge on any atom is -0.370 e. The van der Waals surface area contributed by atoms with Crippen molar-refractivity contribution in [1.29, 1.82) is 0 Å². The summed E-state index contributed by atoms with van der Waals surface area (Å²) in [6.07, 6.45) is 2.74.